The Balaban J connectivity index is 1.78. The van der Waals surface area contributed by atoms with Crippen LogP contribution >= 0.6 is 0 Å². The number of methoxy groups -OCH3 is 1. The minimum Gasteiger partial charge on any atom is -0.497 e. The third-order valence-corrected chi connectivity index (χ3v) is 6.11. The number of nitrogens with two attached hydrogens (primary N) is 1. The molecule has 0 bridgehead atoms. The molecule has 0 atom stereocenters. The fourth-order valence-electron chi connectivity index (χ4n) is 4.50. The van der Waals surface area contributed by atoms with Crippen molar-refractivity contribution in [2.24, 2.45) is 0 Å². The fourth-order valence-corrected chi connectivity index (χ4v) is 4.50. The number of anilines is 4. The van der Waals surface area contributed by atoms with Gasteiger partial charge >= 0.3 is 0 Å². The monoisotopic (exact) mass is 468 g/mol. The van der Waals surface area contributed by atoms with Crippen LogP contribution in [0.25, 0.3) is 16.7 Å². The lowest BCUT2D eigenvalue weighted by molar-refractivity contribution is -0.114. The van der Waals surface area contributed by atoms with Crippen molar-refractivity contribution in [2.75, 3.05) is 35.7 Å². The molecule has 0 fully saturated rings. The Morgan fingerprint density at radius 3 is 2.71 bits per heavy atom. The number of pyridine rings is 1. The number of hydrogen-bond donors (Lipinski definition) is 1. The van der Waals surface area contributed by atoms with Gasteiger partial charge < -0.3 is 20.3 Å². The summed E-state index contributed by atoms with van der Waals surface area (Å²) in [6.07, 6.45) is 2.91. The number of para-hydroxylation sites is 1. The number of nitrogen functional groups attached to an aromatic ring is 1. The molecule has 0 spiro atoms. The first-order valence-corrected chi connectivity index (χ1v) is 11.1. The Labute approximate surface area is 201 Å². The van der Waals surface area contributed by atoms with E-state index in [9.17, 15) is 9.59 Å². The zero-order valence-corrected chi connectivity index (χ0v) is 19.4. The van der Waals surface area contributed by atoms with E-state index in [2.05, 4.69) is 16.5 Å². The second-order valence-corrected chi connectivity index (χ2v) is 8.17. The summed E-state index contributed by atoms with van der Waals surface area (Å²) in [5.74, 6) is 0.489. The van der Waals surface area contributed by atoms with Crippen molar-refractivity contribution in [1.29, 1.82) is 0 Å². The number of rotatable bonds is 4. The topological polar surface area (TPSA) is 107 Å². The van der Waals surface area contributed by atoms with Crippen molar-refractivity contribution in [3.63, 3.8) is 0 Å². The maximum Gasteiger partial charge on any atom is 0.280 e. The highest BCUT2D eigenvalue weighted by Crippen LogP contribution is 2.39. The van der Waals surface area contributed by atoms with Crippen molar-refractivity contribution in [3.8, 4) is 11.4 Å². The van der Waals surface area contributed by atoms with Gasteiger partial charge in [0, 0.05) is 30.7 Å². The number of hydrogen-bond acceptors (Lipinski definition) is 7. The van der Waals surface area contributed by atoms with E-state index < -0.39 is 0 Å². The van der Waals surface area contributed by atoms with Crippen LogP contribution in [0.2, 0.25) is 0 Å². The third-order valence-electron chi connectivity index (χ3n) is 6.11. The first-order chi connectivity index (χ1) is 16.9. The highest BCUT2D eigenvalue weighted by Gasteiger charge is 2.30. The first-order valence-electron chi connectivity index (χ1n) is 11.1. The molecule has 2 N–H and O–H groups in total. The number of ether oxygens (including phenoxy) is 1. The van der Waals surface area contributed by atoms with Gasteiger partial charge in [-0.2, -0.15) is 4.98 Å². The molecule has 0 radical (unpaired) electrons. The molecule has 0 aliphatic carbocycles. The van der Waals surface area contributed by atoms with E-state index >= 15 is 0 Å². The Morgan fingerprint density at radius 2 is 1.94 bits per heavy atom. The summed E-state index contributed by atoms with van der Waals surface area (Å²) in [5.41, 5.74) is 9.45. The fraction of sp³-hybridized carbons (Fsp3) is 0.154. The Hall–Kier alpha value is -4.66. The van der Waals surface area contributed by atoms with E-state index in [4.69, 9.17) is 10.5 Å². The average Bonchev–Trinajstić information content (AvgIpc) is 2.87. The molecule has 9 nitrogen and oxygen atoms in total. The molecule has 0 saturated carbocycles. The summed E-state index contributed by atoms with van der Waals surface area (Å²) in [7, 11) is 1.57. The van der Waals surface area contributed by atoms with Crippen LogP contribution in [-0.2, 0) is 4.79 Å². The van der Waals surface area contributed by atoms with Gasteiger partial charge in [-0.25, -0.2) is 4.98 Å². The maximum atomic E-state index is 14.0. The minimum atomic E-state index is -0.278. The second kappa shape index (κ2) is 8.60. The summed E-state index contributed by atoms with van der Waals surface area (Å²) < 4.78 is 6.89. The molecular formula is C26H24N6O3. The number of amides is 1. The van der Waals surface area contributed by atoms with Crippen LogP contribution < -0.4 is 25.8 Å². The Kier molecular flexibility index (Phi) is 5.44. The van der Waals surface area contributed by atoms with E-state index in [1.807, 2.05) is 42.2 Å². The number of aryl methyl sites for hydroxylation is 1. The lowest BCUT2D eigenvalue weighted by Crippen LogP contribution is -2.43. The van der Waals surface area contributed by atoms with Gasteiger partial charge in [0.15, 0.2) is 5.65 Å². The highest BCUT2D eigenvalue weighted by molar-refractivity contribution is 6.05. The molecule has 1 aliphatic rings. The smallest absolute Gasteiger partial charge is 0.280 e. The van der Waals surface area contributed by atoms with Crippen molar-refractivity contribution in [2.45, 2.75) is 6.92 Å². The van der Waals surface area contributed by atoms with Gasteiger partial charge in [-0.15, -0.1) is 0 Å². The summed E-state index contributed by atoms with van der Waals surface area (Å²) in [4.78, 5) is 38.8. The molecule has 9 heteroatoms. The predicted molar refractivity (Wildman–Crippen MR) is 137 cm³/mol. The van der Waals surface area contributed by atoms with Gasteiger partial charge in [0.2, 0.25) is 5.95 Å². The molecule has 176 valence electrons. The van der Waals surface area contributed by atoms with E-state index in [0.29, 0.717) is 41.2 Å². The van der Waals surface area contributed by atoms with Crippen LogP contribution in [0, 0.1) is 6.92 Å². The number of fused-ring (bicyclic) bond motifs is 2. The molecular weight excluding hydrogens is 444 g/mol. The van der Waals surface area contributed by atoms with Gasteiger partial charge in [0.1, 0.15) is 11.4 Å². The zero-order chi connectivity index (χ0) is 24.7. The molecule has 2 aromatic heterocycles. The molecule has 3 heterocycles. The summed E-state index contributed by atoms with van der Waals surface area (Å²) in [6, 6.07) is 14.7. The van der Waals surface area contributed by atoms with Crippen LogP contribution in [-0.4, -0.2) is 40.6 Å². The number of nitrogens with zero attached hydrogens (tertiary/aromatic N) is 5. The summed E-state index contributed by atoms with van der Waals surface area (Å²) in [5, 5.41) is 0.649. The molecule has 1 aliphatic heterocycles. The van der Waals surface area contributed by atoms with E-state index in [1.165, 1.54) is 10.6 Å². The van der Waals surface area contributed by atoms with Gasteiger partial charge in [-0.3, -0.25) is 14.2 Å². The normalized spacial score (nSPS) is 13.0. The standard InChI is InChI=1S/C26H24N6O3/c1-4-22(33)31-12-11-30(20-10-5-7-16(2)23(20)31)21-13-17-15-28-26(27)29-24(17)32(25(21)34)18-8-6-9-19(14-18)35-3/h4-10,13-15H,1,11-12H2,2-3H3,(H2,27,28,29). The average molecular weight is 469 g/mol. The number of benzene rings is 2. The Morgan fingerprint density at radius 1 is 1.14 bits per heavy atom. The molecule has 0 saturated heterocycles. The zero-order valence-electron chi connectivity index (χ0n) is 19.4. The summed E-state index contributed by atoms with van der Waals surface area (Å²) >= 11 is 0. The predicted octanol–water partition coefficient (Wildman–Crippen LogP) is 3.35. The molecule has 4 aromatic rings. The molecule has 5 rings (SSSR count). The SMILES string of the molecule is C=CC(=O)N1CCN(c2cc3cnc(N)nc3n(-c3cccc(OC)c3)c2=O)c2cccc(C)c21. The minimum absolute atomic E-state index is 0.0684. The largest absolute Gasteiger partial charge is 0.497 e. The number of carbonyl (C=O) groups excluding carboxylic acids is 1. The first kappa shape index (κ1) is 22.1. The molecule has 2 aromatic carbocycles. The van der Waals surface area contributed by atoms with Crippen molar-refractivity contribution in [3.05, 3.63) is 83.3 Å². The quantitative estimate of drug-likeness (QED) is 0.458. The second-order valence-electron chi connectivity index (χ2n) is 8.17. The molecule has 35 heavy (non-hydrogen) atoms. The van der Waals surface area contributed by atoms with Gasteiger partial charge in [-0.05, 0) is 42.8 Å². The van der Waals surface area contributed by atoms with Crippen molar-refractivity contribution in [1.82, 2.24) is 14.5 Å². The van der Waals surface area contributed by atoms with Gasteiger partial charge in [0.05, 0.1) is 24.2 Å². The third kappa shape index (κ3) is 3.67. The van der Waals surface area contributed by atoms with Crippen LogP contribution in [0.3, 0.4) is 0 Å². The number of aromatic nitrogens is 3. The van der Waals surface area contributed by atoms with Gasteiger partial charge in [-0.1, -0.05) is 24.8 Å². The lowest BCUT2D eigenvalue weighted by Gasteiger charge is -2.38. The number of carbonyl (C=O) groups is 1. The summed E-state index contributed by atoms with van der Waals surface area (Å²) in [6.45, 7) is 6.40. The van der Waals surface area contributed by atoms with Crippen LogP contribution in [0.4, 0.5) is 23.0 Å². The van der Waals surface area contributed by atoms with Gasteiger partial charge in [0.25, 0.3) is 11.5 Å². The Bertz CT molecular complexity index is 1540. The van der Waals surface area contributed by atoms with Crippen LogP contribution in [0.1, 0.15) is 5.56 Å². The van der Waals surface area contributed by atoms with Crippen LogP contribution in [0.5, 0.6) is 5.75 Å². The van der Waals surface area contributed by atoms with E-state index in [0.717, 1.165) is 16.9 Å². The molecule has 1 amide bonds. The van der Waals surface area contributed by atoms with E-state index in [1.54, 1.807) is 36.4 Å². The lowest BCUT2D eigenvalue weighted by atomic mass is 10.1. The van der Waals surface area contributed by atoms with Crippen molar-refractivity contribution < 1.29 is 9.53 Å². The van der Waals surface area contributed by atoms with Crippen LogP contribution in [0.15, 0.2) is 72.2 Å². The maximum absolute atomic E-state index is 14.0. The molecule has 0 unspecified atom stereocenters. The highest BCUT2D eigenvalue weighted by atomic mass is 16.5. The van der Waals surface area contributed by atoms with Crippen molar-refractivity contribution >= 4 is 40.0 Å². The van der Waals surface area contributed by atoms with E-state index in [-0.39, 0.29) is 17.4 Å².